The zero-order chi connectivity index (χ0) is 16.2. The van der Waals surface area contributed by atoms with Crippen molar-refractivity contribution in [3.8, 4) is 0 Å². The summed E-state index contributed by atoms with van der Waals surface area (Å²) < 4.78 is 28.1. The highest BCUT2D eigenvalue weighted by Gasteiger charge is 2.27. The fourth-order valence-corrected chi connectivity index (χ4v) is 2.90. The summed E-state index contributed by atoms with van der Waals surface area (Å²) in [5.74, 6) is -0.771. The summed E-state index contributed by atoms with van der Waals surface area (Å²) in [6.07, 6.45) is -1.49. The number of rotatable bonds is 6. The molecule has 2 aromatic carbocycles. The SMILES string of the molecule is O=C(c1ccccc1S(=O)(=O)OCO)C(O)c1ccccc1. The van der Waals surface area contributed by atoms with Crippen molar-refractivity contribution in [3.05, 3.63) is 65.7 Å². The highest BCUT2D eigenvalue weighted by Crippen LogP contribution is 2.24. The number of benzene rings is 2. The van der Waals surface area contributed by atoms with E-state index in [1.807, 2.05) is 0 Å². The van der Waals surface area contributed by atoms with Gasteiger partial charge in [-0.1, -0.05) is 42.5 Å². The summed E-state index contributed by atoms with van der Waals surface area (Å²) in [5.41, 5.74) is 0.148. The van der Waals surface area contributed by atoms with E-state index >= 15 is 0 Å². The van der Waals surface area contributed by atoms with Gasteiger partial charge in [-0.2, -0.15) is 8.42 Å². The minimum absolute atomic E-state index is 0.202. The molecule has 0 bridgehead atoms. The van der Waals surface area contributed by atoms with Gasteiger partial charge < -0.3 is 10.2 Å². The Morgan fingerprint density at radius 3 is 2.27 bits per heavy atom. The number of carbonyl (C=O) groups is 1. The first-order chi connectivity index (χ1) is 10.5. The van der Waals surface area contributed by atoms with Crippen molar-refractivity contribution in [2.24, 2.45) is 0 Å². The molecule has 2 N–H and O–H groups in total. The highest BCUT2D eigenvalue weighted by atomic mass is 32.2. The smallest absolute Gasteiger partial charge is 0.299 e. The number of hydrogen-bond acceptors (Lipinski definition) is 6. The van der Waals surface area contributed by atoms with Crippen molar-refractivity contribution >= 4 is 15.9 Å². The lowest BCUT2D eigenvalue weighted by Crippen LogP contribution is -2.17. The molecule has 0 heterocycles. The largest absolute Gasteiger partial charge is 0.380 e. The van der Waals surface area contributed by atoms with Crippen LogP contribution in [0.2, 0.25) is 0 Å². The molecule has 1 unspecified atom stereocenters. The summed E-state index contributed by atoms with van der Waals surface area (Å²) >= 11 is 0. The van der Waals surface area contributed by atoms with Crippen molar-refractivity contribution in [3.63, 3.8) is 0 Å². The zero-order valence-corrected chi connectivity index (χ0v) is 12.2. The third-order valence-corrected chi connectivity index (χ3v) is 4.30. The van der Waals surface area contributed by atoms with Crippen molar-refractivity contribution < 1.29 is 27.6 Å². The monoisotopic (exact) mass is 322 g/mol. The molecule has 6 nitrogen and oxygen atoms in total. The van der Waals surface area contributed by atoms with Gasteiger partial charge in [0.05, 0.1) is 0 Å². The second-order valence-corrected chi connectivity index (χ2v) is 5.96. The molecular formula is C15H14O6S. The van der Waals surface area contributed by atoms with E-state index in [-0.39, 0.29) is 5.56 Å². The highest BCUT2D eigenvalue weighted by molar-refractivity contribution is 7.86. The maximum atomic E-state index is 12.4. The predicted octanol–water partition coefficient (Wildman–Crippen LogP) is 1.26. The van der Waals surface area contributed by atoms with Crippen LogP contribution >= 0.6 is 0 Å². The molecule has 0 aliphatic rings. The molecular weight excluding hydrogens is 308 g/mol. The molecule has 7 heteroatoms. The second kappa shape index (κ2) is 6.80. The Morgan fingerprint density at radius 1 is 1.05 bits per heavy atom. The minimum atomic E-state index is -4.28. The van der Waals surface area contributed by atoms with Gasteiger partial charge in [-0.05, 0) is 17.7 Å². The lowest BCUT2D eigenvalue weighted by Gasteiger charge is -2.13. The van der Waals surface area contributed by atoms with Gasteiger partial charge >= 0.3 is 0 Å². The predicted molar refractivity (Wildman–Crippen MR) is 77.5 cm³/mol. The van der Waals surface area contributed by atoms with Crippen molar-refractivity contribution in [2.45, 2.75) is 11.0 Å². The average molecular weight is 322 g/mol. The van der Waals surface area contributed by atoms with Gasteiger partial charge in [0, 0.05) is 5.56 Å². The van der Waals surface area contributed by atoms with Crippen molar-refractivity contribution in [1.29, 1.82) is 0 Å². The number of aliphatic hydroxyl groups is 2. The Hall–Kier alpha value is -2.06. The van der Waals surface area contributed by atoms with Crippen LogP contribution in [0.3, 0.4) is 0 Å². The minimum Gasteiger partial charge on any atom is -0.380 e. The van der Waals surface area contributed by atoms with Crippen LogP contribution in [0.5, 0.6) is 0 Å². The molecule has 2 aromatic rings. The van der Waals surface area contributed by atoms with Crippen LogP contribution in [0.25, 0.3) is 0 Å². The average Bonchev–Trinajstić information content (AvgIpc) is 2.54. The molecule has 0 aromatic heterocycles. The maximum absolute atomic E-state index is 12.4. The van der Waals surface area contributed by atoms with Gasteiger partial charge in [-0.15, -0.1) is 0 Å². The molecule has 0 aliphatic carbocycles. The molecule has 0 saturated heterocycles. The van der Waals surface area contributed by atoms with Crippen LogP contribution < -0.4 is 0 Å². The Morgan fingerprint density at radius 2 is 1.64 bits per heavy atom. The third-order valence-electron chi connectivity index (χ3n) is 2.99. The van der Waals surface area contributed by atoms with E-state index in [9.17, 15) is 18.3 Å². The molecule has 0 aliphatic heterocycles. The fourth-order valence-electron chi connectivity index (χ4n) is 1.96. The number of Topliss-reactive ketones (excluding diaryl/α,β-unsaturated/α-hetero) is 1. The molecule has 2 rings (SSSR count). The van der Waals surface area contributed by atoms with Gasteiger partial charge in [-0.3, -0.25) is 4.79 Å². The topological polar surface area (TPSA) is 101 Å². The Labute approximate surface area is 127 Å². The lowest BCUT2D eigenvalue weighted by atomic mass is 10.00. The first-order valence-electron chi connectivity index (χ1n) is 6.34. The van der Waals surface area contributed by atoms with Gasteiger partial charge in [0.2, 0.25) is 0 Å². The maximum Gasteiger partial charge on any atom is 0.299 e. The Balaban J connectivity index is 2.43. The van der Waals surface area contributed by atoms with Crippen LogP contribution in [0, 0.1) is 0 Å². The number of hydrogen-bond donors (Lipinski definition) is 2. The van der Waals surface area contributed by atoms with E-state index in [1.54, 1.807) is 30.3 Å². The third kappa shape index (κ3) is 3.40. The molecule has 0 saturated carbocycles. The first kappa shape index (κ1) is 16.3. The van der Waals surface area contributed by atoms with E-state index in [0.29, 0.717) is 5.56 Å². The summed E-state index contributed by atoms with van der Waals surface area (Å²) in [6, 6.07) is 13.5. The zero-order valence-electron chi connectivity index (χ0n) is 11.4. The molecule has 1 atom stereocenters. The van der Waals surface area contributed by atoms with Gasteiger partial charge in [0.25, 0.3) is 10.1 Å². The second-order valence-electron chi connectivity index (χ2n) is 4.37. The summed E-state index contributed by atoms with van der Waals surface area (Å²) in [4.78, 5) is 12.0. The molecule has 0 spiro atoms. The van der Waals surface area contributed by atoms with Crippen molar-refractivity contribution in [2.75, 3.05) is 6.79 Å². The molecule has 0 amide bonds. The van der Waals surface area contributed by atoms with E-state index in [0.717, 1.165) is 0 Å². The van der Waals surface area contributed by atoms with Crippen LogP contribution in [0.4, 0.5) is 0 Å². The molecule has 0 fully saturated rings. The normalized spacial score (nSPS) is 12.8. The fraction of sp³-hybridized carbons (Fsp3) is 0.133. The van der Waals surface area contributed by atoms with E-state index < -0.39 is 33.7 Å². The standard InChI is InChI=1S/C15H14O6S/c16-10-21-22(19,20)13-9-5-4-8-12(13)15(18)14(17)11-6-2-1-3-7-11/h1-9,14,16-17H,10H2. The van der Waals surface area contributed by atoms with Gasteiger partial charge in [0.15, 0.2) is 12.6 Å². The summed E-state index contributed by atoms with van der Waals surface area (Å²) in [5, 5.41) is 18.8. The summed E-state index contributed by atoms with van der Waals surface area (Å²) in [7, 11) is -4.28. The quantitative estimate of drug-likeness (QED) is 0.472. The number of aliphatic hydroxyl groups excluding tert-OH is 2. The Kier molecular flexibility index (Phi) is 5.04. The number of carbonyl (C=O) groups excluding carboxylic acids is 1. The van der Waals surface area contributed by atoms with Gasteiger partial charge in [-0.25, -0.2) is 4.18 Å². The first-order valence-corrected chi connectivity index (χ1v) is 7.74. The molecule has 116 valence electrons. The van der Waals surface area contributed by atoms with Crippen LogP contribution in [-0.4, -0.2) is 31.2 Å². The van der Waals surface area contributed by atoms with Crippen LogP contribution in [0.1, 0.15) is 22.0 Å². The van der Waals surface area contributed by atoms with E-state index in [2.05, 4.69) is 4.18 Å². The lowest BCUT2D eigenvalue weighted by molar-refractivity contribution is 0.0741. The van der Waals surface area contributed by atoms with Gasteiger partial charge in [0.1, 0.15) is 11.0 Å². The van der Waals surface area contributed by atoms with Crippen LogP contribution in [-0.2, 0) is 14.3 Å². The summed E-state index contributed by atoms with van der Waals surface area (Å²) in [6.45, 7) is -1.04. The van der Waals surface area contributed by atoms with Crippen molar-refractivity contribution in [1.82, 2.24) is 0 Å². The Bertz CT molecular complexity index is 755. The van der Waals surface area contributed by atoms with Crippen LogP contribution in [0.15, 0.2) is 59.5 Å². The van der Waals surface area contributed by atoms with E-state index in [4.69, 9.17) is 5.11 Å². The van der Waals surface area contributed by atoms with E-state index in [1.165, 1.54) is 24.3 Å². The molecule has 0 radical (unpaired) electrons. The molecule has 22 heavy (non-hydrogen) atoms. The number of ketones is 1.